The molecule has 2 N–H and O–H groups in total. The van der Waals surface area contributed by atoms with Crippen LogP contribution in [0.3, 0.4) is 0 Å². The lowest BCUT2D eigenvalue weighted by Gasteiger charge is -2.12. The average Bonchev–Trinajstić information content (AvgIpc) is 2.76. The van der Waals surface area contributed by atoms with Gasteiger partial charge in [0.1, 0.15) is 6.33 Å². The van der Waals surface area contributed by atoms with Crippen molar-refractivity contribution in [2.24, 2.45) is 0 Å². The Balaban J connectivity index is 1.76. The largest absolute Gasteiger partial charge is 0.493 e. The quantitative estimate of drug-likeness (QED) is 0.359. The van der Waals surface area contributed by atoms with Crippen molar-refractivity contribution in [1.82, 2.24) is 9.97 Å². The fourth-order valence-corrected chi connectivity index (χ4v) is 3.12. The van der Waals surface area contributed by atoms with Gasteiger partial charge in [-0.15, -0.1) is 0 Å². The summed E-state index contributed by atoms with van der Waals surface area (Å²) in [5.74, 6) is 1.46. The van der Waals surface area contributed by atoms with Crippen molar-refractivity contribution in [1.29, 1.82) is 0 Å². The predicted octanol–water partition coefficient (Wildman–Crippen LogP) is 4.76. The molecule has 0 fully saturated rings. The molecule has 0 amide bonds. The molecule has 0 spiro atoms. The second-order valence-corrected chi connectivity index (χ2v) is 7.04. The van der Waals surface area contributed by atoms with Gasteiger partial charge in [-0.1, -0.05) is 23.7 Å². The van der Waals surface area contributed by atoms with Gasteiger partial charge in [-0.2, -0.15) is 0 Å². The van der Waals surface area contributed by atoms with Crippen LogP contribution in [0, 0.1) is 17.0 Å². The number of aromatic nitrogens is 2. The van der Waals surface area contributed by atoms with Crippen molar-refractivity contribution in [2.75, 3.05) is 31.4 Å². The minimum absolute atomic E-state index is 0.0773. The fourth-order valence-electron chi connectivity index (χ4n) is 2.94. The Morgan fingerprint density at radius 2 is 1.81 bits per heavy atom. The minimum Gasteiger partial charge on any atom is -0.493 e. The van der Waals surface area contributed by atoms with E-state index in [4.69, 9.17) is 21.1 Å². The first-order valence-corrected chi connectivity index (χ1v) is 9.78. The SMILES string of the molecule is COc1ccc(CCNc2ncnc(Nc3ccc(C)c(Cl)c3)c2[N+](=O)[O-])cc1OC. The molecule has 2 aromatic carbocycles. The number of aryl methyl sites for hydroxylation is 1. The molecule has 0 saturated carbocycles. The Bertz CT molecular complexity index is 1090. The maximum atomic E-state index is 11.7. The number of hydrogen-bond donors (Lipinski definition) is 2. The minimum atomic E-state index is -0.517. The zero-order chi connectivity index (χ0) is 22.4. The lowest BCUT2D eigenvalue weighted by Crippen LogP contribution is -2.11. The molecule has 0 aliphatic rings. The van der Waals surface area contributed by atoms with E-state index >= 15 is 0 Å². The maximum Gasteiger partial charge on any atom is 0.353 e. The Kier molecular flexibility index (Phi) is 7.09. The van der Waals surface area contributed by atoms with E-state index in [-0.39, 0.29) is 17.3 Å². The summed E-state index contributed by atoms with van der Waals surface area (Å²) >= 11 is 6.15. The Hall–Kier alpha value is -3.59. The summed E-state index contributed by atoms with van der Waals surface area (Å²) in [7, 11) is 3.14. The number of methoxy groups -OCH3 is 2. The summed E-state index contributed by atoms with van der Waals surface area (Å²) in [6.45, 7) is 2.29. The van der Waals surface area contributed by atoms with Crippen molar-refractivity contribution >= 4 is 34.6 Å². The summed E-state index contributed by atoms with van der Waals surface area (Å²) in [6, 6.07) is 10.9. The van der Waals surface area contributed by atoms with Crippen molar-refractivity contribution in [2.45, 2.75) is 13.3 Å². The molecule has 162 valence electrons. The van der Waals surface area contributed by atoms with Gasteiger partial charge < -0.3 is 20.1 Å². The van der Waals surface area contributed by atoms with E-state index in [0.29, 0.717) is 35.2 Å². The van der Waals surface area contributed by atoms with Crippen LogP contribution in [0.1, 0.15) is 11.1 Å². The number of nitro groups is 1. The van der Waals surface area contributed by atoms with Gasteiger partial charge in [0, 0.05) is 17.3 Å². The van der Waals surface area contributed by atoms with E-state index in [9.17, 15) is 10.1 Å². The van der Waals surface area contributed by atoms with E-state index in [1.54, 1.807) is 26.4 Å². The molecule has 0 radical (unpaired) electrons. The smallest absolute Gasteiger partial charge is 0.353 e. The number of anilines is 3. The topological polar surface area (TPSA) is 111 Å². The van der Waals surface area contributed by atoms with Crippen molar-refractivity contribution in [3.63, 3.8) is 0 Å². The molecule has 31 heavy (non-hydrogen) atoms. The number of hydrogen-bond acceptors (Lipinski definition) is 8. The molecule has 9 nitrogen and oxygen atoms in total. The first kappa shape index (κ1) is 22.1. The van der Waals surface area contributed by atoms with Gasteiger partial charge >= 0.3 is 5.69 Å². The van der Waals surface area contributed by atoms with Crippen LogP contribution in [0.25, 0.3) is 0 Å². The first-order valence-electron chi connectivity index (χ1n) is 9.40. The normalized spacial score (nSPS) is 10.5. The highest BCUT2D eigenvalue weighted by atomic mass is 35.5. The highest BCUT2D eigenvalue weighted by molar-refractivity contribution is 6.31. The van der Waals surface area contributed by atoms with Crippen molar-refractivity contribution in [3.8, 4) is 11.5 Å². The zero-order valence-electron chi connectivity index (χ0n) is 17.3. The third-order valence-corrected chi connectivity index (χ3v) is 5.00. The van der Waals surface area contributed by atoms with Gasteiger partial charge in [0.15, 0.2) is 11.5 Å². The second kappa shape index (κ2) is 9.94. The summed E-state index contributed by atoms with van der Waals surface area (Å²) in [5, 5.41) is 18.3. The van der Waals surface area contributed by atoms with Gasteiger partial charge in [-0.25, -0.2) is 9.97 Å². The molecule has 3 aromatic rings. The van der Waals surface area contributed by atoms with Crippen LogP contribution in [0.5, 0.6) is 11.5 Å². The van der Waals surface area contributed by atoms with E-state index in [2.05, 4.69) is 20.6 Å². The van der Waals surface area contributed by atoms with Crippen LogP contribution in [0.2, 0.25) is 5.02 Å². The lowest BCUT2D eigenvalue weighted by molar-refractivity contribution is -0.383. The van der Waals surface area contributed by atoms with Crippen LogP contribution >= 0.6 is 11.6 Å². The van der Waals surface area contributed by atoms with Crippen molar-refractivity contribution in [3.05, 3.63) is 69.0 Å². The predicted molar refractivity (Wildman–Crippen MR) is 120 cm³/mol. The van der Waals surface area contributed by atoms with Gasteiger partial charge in [0.2, 0.25) is 11.6 Å². The number of benzene rings is 2. The third-order valence-electron chi connectivity index (χ3n) is 4.59. The number of nitrogens with zero attached hydrogens (tertiary/aromatic N) is 3. The summed E-state index contributed by atoms with van der Waals surface area (Å²) in [5.41, 5.74) is 2.23. The summed E-state index contributed by atoms with van der Waals surface area (Å²) in [6.07, 6.45) is 1.86. The van der Waals surface area contributed by atoms with Gasteiger partial charge in [-0.3, -0.25) is 10.1 Å². The molecule has 0 bridgehead atoms. The molecule has 0 unspecified atom stereocenters. The standard InChI is InChI=1S/C21H22ClN5O4/c1-13-4-6-15(11-16(13)22)26-21-19(27(28)29)20(24-12-25-21)23-9-8-14-5-7-17(30-2)18(10-14)31-3/h4-7,10-12H,8-9H2,1-3H3,(H2,23,24,25,26). The molecule has 0 saturated heterocycles. The summed E-state index contributed by atoms with van der Waals surface area (Å²) in [4.78, 5) is 19.3. The fraction of sp³-hybridized carbons (Fsp3) is 0.238. The lowest BCUT2D eigenvalue weighted by atomic mass is 10.1. The van der Waals surface area contributed by atoms with Crippen LogP contribution < -0.4 is 20.1 Å². The summed E-state index contributed by atoms with van der Waals surface area (Å²) < 4.78 is 10.5. The van der Waals surface area contributed by atoms with E-state index in [1.807, 2.05) is 31.2 Å². The Morgan fingerprint density at radius 3 is 2.48 bits per heavy atom. The molecule has 0 atom stereocenters. The molecular weight excluding hydrogens is 422 g/mol. The number of halogens is 1. The zero-order valence-corrected chi connectivity index (χ0v) is 18.1. The Labute approximate surface area is 184 Å². The van der Waals surface area contributed by atoms with Crippen LogP contribution in [-0.4, -0.2) is 35.7 Å². The van der Waals surface area contributed by atoms with Gasteiger partial charge in [0.05, 0.1) is 19.1 Å². The molecule has 0 aliphatic heterocycles. The number of ether oxygens (including phenoxy) is 2. The molecule has 0 aliphatic carbocycles. The van der Waals surface area contributed by atoms with Gasteiger partial charge in [0.25, 0.3) is 0 Å². The molecule has 1 aromatic heterocycles. The molecule has 10 heteroatoms. The van der Waals surface area contributed by atoms with E-state index in [1.165, 1.54) is 6.33 Å². The maximum absolute atomic E-state index is 11.7. The first-order chi connectivity index (χ1) is 14.9. The van der Waals surface area contributed by atoms with Crippen LogP contribution in [0.4, 0.5) is 23.0 Å². The van der Waals surface area contributed by atoms with Crippen LogP contribution in [-0.2, 0) is 6.42 Å². The van der Waals surface area contributed by atoms with E-state index < -0.39 is 4.92 Å². The van der Waals surface area contributed by atoms with E-state index in [0.717, 1.165) is 11.1 Å². The highest BCUT2D eigenvalue weighted by Crippen LogP contribution is 2.32. The van der Waals surface area contributed by atoms with Crippen LogP contribution in [0.15, 0.2) is 42.7 Å². The average molecular weight is 444 g/mol. The van der Waals surface area contributed by atoms with Gasteiger partial charge in [-0.05, 0) is 48.7 Å². The third kappa shape index (κ3) is 5.32. The highest BCUT2D eigenvalue weighted by Gasteiger charge is 2.23. The second-order valence-electron chi connectivity index (χ2n) is 6.63. The molecule has 1 heterocycles. The number of rotatable bonds is 9. The Morgan fingerprint density at radius 1 is 1.06 bits per heavy atom. The van der Waals surface area contributed by atoms with Crippen molar-refractivity contribution < 1.29 is 14.4 Å². The number of nitrogens with one attached hydrogen (secondary N) is 2. The molecular formula is C21H22ClN5O4. The molecule has 3 rings (SSSR count). The monoisotopic (exact) mass is 443 g/mol.